The van der Waals surface area contributed by atoms with Crippen LogP contribution in [0.1, 0.15) is 40.1 Å². The predicted octanol–water partition coefficient (Wildman–Crippen LogP) is 5.19. The van der Waals surface area contributed by atoms with Crippen molar-refractivity contribution >= 4 is 17.7 Å². The number of hydrogen-bond acceptors (Lipinski definition) is 7. The molecule has 8 heteroatoms. The third-order valence-corrected chi connectivity index (χ3v) is 5.61. The molecule has 0 amide bonds. The van der Waals surface area contributed by atoms with E-state index >= 15 is 0 Å². The summed E-state index contributed by atoms with van der Waals surface area (Å²) in [6.07, 6.45) is 0. The predicted molar refractivity (Wildman–Crippen MR) is 137 cm³/mol. The summed E-state index contributed by atoms with van der Waals surface area (Å²) in [6.45, 7) is 3.14. The van der Waals surface area contributed by atoms with Crippen molar-refractivity contribution in [3.8, 4) is 34.3 Å². The summed E-state index contributed by atoms with van der Waals surface area (Å²) in [5.41, 5.74) is 2.00. The van der Waals surface area contributed by atoms with E-state index in [9.17, 15) is 19.5 Å². The van der Waals surface area contributed by atoms with E-state index in [1.165, 1.54) is 18.6 Å². The first-order chi connectivity index (χ1) is 17.8. The Hall–Kier alpha value is -4.85. The van der Waals surface area contributed by atoms with Crippen molar-refractivity contribution < 1.29 is 33.7 Å². The van der Waals surface area contributed by atoms with Gasteiger partial charge >= 0.3 is 11.9 Å². The van der Waals surface area contributed by atoms with Gasteiger partial charge in [0.25, 0.3) is 0 Å². The molecule has 1 aromatic heterocycles. The van der Waals surface area contributed by atoms with E-state index in [1.807, 2.05) is 6.07 Å². The number of esters is 2. The molecule has 0 unspecified atom stereocenters. The van der Waals surface area contributed by atoms with Gasteiger partial charge in [-0.05, 0) is 61.0 Å². The molecule has 1 heterocycles. The molecule has 0 atom stereocenters. The van der Waals surface area contributed by atoms with E-state index in [2.05, 4.69) is 0 Å². The molecular formula is C29H25NO7. The number of aromatic nitrogens is 1. The molecule has 0 aliphatic carbocycles. The third-order valence-electron chi connectivity index (χ3n) is 5.61. The highest BCUT2D eigenvalue weighted by Crippen LogP contribution is 2.45. The number of aromatic hydroxyl groups is 1. The maximum Gasteiger partial charge on any atom is 0.338 e. The summed E-state index contributed by atoms with van der Waals surface area (Å²) >= 11 is 0. The first-order valence-electron chi connectivity index (χ1n) is 11.5. The highest BCUT2D eigenvalue weighted by Gasteiger charge is 2.32. The van der Waals surface area contributed by atoms with Crippen molar-refractivity contribution in [2.24, 2.45) is 0 Å². The topological polar surface area (TPSA) is 104 Å². The van der Waals surface area contributed by atoms with Crippen LogP contribution in [0.5, 0.6) is 17.4 Å². The lowest BCUT2D eigenvalue weighted by Crippen LogP contribution is -2.08. The fraction of sp³-hybridized carbons (Fsp3) is 0.138. The molecule has 3 aromatic carbocycles. The molecular weight excluding hydrogens is 474 g/mol. The molecule has 0 saturated heterocycles. The zero-order chi connectivity index (χ0) is 26.5. The van der Waals surface area contributed by atoms with Crippen LogP contribution >= 0.6 is 0 Å². The van der Waals surface area contributed by atoms with Gasteiger partial charge < -0.3 is 19.3 Å². The molecule has 0 radical (unpaired) electrons. The molecule has 0 saturated carbocycles. The second-order valence-electron chi connectivity index (χ2n) is 8.00. The average Bonchev–Trinajstić information content (AvgIpc) is 3.20. The van der Waals surface area contributed by atoms with E-state index in [1.54, 1.807) is 79.7 Å². The zero-order valence-corrected chi connectivity index (χ0v) is 20.6. The van der Waals surface area contributed by atoms with Crippen molar-refractivity contribution in [3.63, 3.8) is 0 Å². The number of carbonyl (C=O) groups excluding carboxylic acids is 3. The minimum atomic E-state index is -0.700. The Bertz CT molecular complexity index is 1440. The number of hydrogen-bond donors (Lipinski definition) is 1. The Balaban J connectivity index is 1.97. The Kier molecular flexibility index (Phi) is 7.39. The number of benzene rings is 3. The van der Waals surface area contributed by atoms with Crippen molar-refractivity contribution in [2.75, 3.05) is 13.7 Å². The normalized spacial score (nSPS) is 10.6. The Morgan fingerprint density at radius 2 is 1.49 bits per heavy atom. The molecule has 8 nitrogen and oxygen atoms in total. The molecule has 0 bridgehead atoms. The smallest absolute Gasteiger partial charge is 0.338 e. The minimum absolute atomic E-state index is 0.0125. The molecule has 0 aliphatic rings. The Morgan fingerprint density at radius 3 is 2.05 bits per heavy atom. The molecule has 1 N–H and O–H groups in total. The Labute approximate surface area is 213 Å². The summed E-state index contributed by atoms with van der Waals surface area (Å²) in [5.74, 6) is -1.77. The monoisotopic (exact) mass is 499 g/mol. The zero-order valence-electron chi connectivity index (χ0n) is 20.6. The number of ether oxygens (including phenoxy) is 3. The first kappa shape index (κ1) is 25.2. The van der Waals surface area contributed by atoms with Crippen LogP contribution in [0.4, 0.5) is 0 Å². The summed E-state index contributed by atoms with van der Waals surface area (Å²) < 4.78 is 17.0. The molecule has 0 fully saturated rings. The van der Waals surface area contributed by atoms with Crippen LogP contribution in [0.15, 0.2) is 78.9 Å². The van der Waals surface area contributed by atoms with Gasteiger partial charge in [-0.25, -0.2) is 4.79 Å². The van der Waals surface area contributed by atoms with Gasteiger partial charge in [-0.3, -0.25) is 14.2 Å². The van der Waals surface area contributed by atoms with Gasteiger partial charge in [0.05, 0.1) is 30.5 Å². The van der Waals surface area contributed by atoms with E-state index in [0.717, 1.165) is 0 Å². The lowest BCUT2D eigenvalue weighted by Gasteiger charge is -2.13. The van der Waals surface area contributed by atoms with Crippen LogP contribution in [-0.2, 0) is 9.53 Å². The summed E-state index contributed by atoms with van der Waals surface area (Å²) in [7, 11) is 1.52. The third kappa shape index (κ3) is 5.08. The van der Waals surface area contributed by atoms with Crippen molar-refractivity contribution in [1.29, 1.82) is 0 Å². The quantitative estimate of drug-likeness (QED) is 0.263. The van der Waals surface area contributed by atoms with Gasteiger partial charge in [0.2, 0.25) is 11.6 Å². The first-order valence-corrected chi connectivity index (χ1v) is 11.5. The van der Waals surface area contributed by atoms with Crippen LogP contribution in [0.25, 0.3) is 16.9 Å². The molecule has 4 aromatic rings. The second kappa shape index (κ2) is 10.8. The van der Waals surface area contributed by atoms with Crippen LogP contribution in [0.2, 0.25) is 0 Å². The van der Waals surface area contributed by atoms with E-state index in [4.69, 9.17) is 14.2 Å². The van der Waals surface area contributed by atoms with Crippen molar-refractivity contribution in [2.45, 2.75) is 13.8 Å². The molecule has 188 valence electrons. The number of rotatable bonds is 8. The summed E-state index contributed by atoms with van der Waals surface area (Å²) in [5, 5.41) is 11.3. The van der Waals surface area contributed by atoms with Gasteiger partial charge in [0.1, 0.15) is 5.75 Å². The highest BCUT2D eigenvalue weighted by atomic mass is 16.5. The fourth-order valence-electron chi connectivity index (χ4n) is 3.96. The number of methoxy groups -OCH3 is 1. The lowest BCUT2D eigenvalue weighted by atomic mass is 9.99. The average molecular weight is 500 g/mol. The second-order valence-corrected chi connectivity index (χ2v) is 8.00. The van der Waals surface area contributed by atoms with Gasteiger partial charge in [0, 0.05) is 18.2 Å². The lowest BCUT2D eigenvalue weighted by molar-refractivity contribution is -0.132. The SMILES string of the molecule is CCOC(=O)c1ccc(-n2c(O)c(OC(C)=O)c(C(=O)c3ccc(OC)cc3)c2-c2ccccc2)cc1. The van der Waals surface area contributed by atoms with Gasteiger partial charge in [0.15, 0.2) is 5.78 Å². The standard InChI is InChI=1S/C29H25NO7/c1-4-36-29(34)21-10-14-22(15-11-21)30-25(19-8-6-5-7-9-19)24(27(28(30)33)37-18(2)31)26(32)20-12-16-23(35-3)17-13-20/h5-17,33H,4H2,1-3H3. The Morgan fingerprint density at radius 1 is 0.865 bits per heavy atom. The van der Waals surface area contributed by atoms with Crippen molar-refractivity contribution in [3.05, 3.63) is 95.6 Å². The number of carbonyl (C=O) groups is 3. The van der Waals surface area contributed by atoms with Gasteiger partial charge in [-0.1, -0.05) is 30.3 Å². The van der Waals surface area contributed by atoms with Gasteiger partial charge in [-0.15, -0.1) is 0 Å². The maximum absolute atomic E-state index is 13.8. The molecule has 0 spiro atoms. The number of nitrogens with zero attached hydrogens (tertiary/aromatic N) is 1. The molecule has 0 aliphatic heterocycles. The fourth-order valence-corrected chi connectivity index (χ4v) is 3.96. The van der Waals surface area contributed by atoms with E-state index < -0.39 is 23.6 Å². The molecule has 4 rings (SSSR count). The largest absolute Gasteiger partial charge is 0.497 e. The molecule has 37 heavy (non-hydrogen) atoms. The highest BCUT2D eigenvalue weighted by molar-refractivity contribution is 6.15. The summed E-state index contributed by atoms with van der Waals surface area (Å²) in [4.78, 5) is 38.0. The number of ketones is 1. The van der Waals surface area contributed by atoms with E-state index in [0.29, 0.717) is 33.8 Å². The van der Waals surface area contributed by atoms with Crippen LogP contribution in [0.3, 0.4) is 0 Å². The van der Waals surface area contributed by atoms with Gasteiger partial charge in [-0.2, -0.15) is 0 Å². The summed E-state index contributed by atoms with van der Waals surface area (Å²) in [6, 6.07) is 21.8. The van der Waals surface area contributed by atoms with Crippen molar-refractivity contribution in [1.82, 2.24) is 4.57 Å². The van der Waals surface area contributed by atoms with Crippen LogP contribution < -0.4 is 9.47 Å². The van der Waals surface area contributed by atoms with E-state index in [-0.39, 0.29) is 17.9 Å². The maximum atomic E-state index is 13.8. The minimum Gasteiger partial charge on any atom is -0.497 e. The van der Waals surface area contributed by atoms with Crippen LogP contribution in [-0.4, -0.2) is 41.1 Å². The van der Waals surface area contributed by atoms with Crippen LogP contribution in [0, 0.1) is 0 Å².